The van der Waals surface area contributed by atoms with Gasteiger partial charge in [0.15, 0.2) is 0 Å². The zero-order chi connectivity index (χ0) is 13.9. The summed E-state index contributed by atoms with van der Waals surface area (Å²) in [5.74, 6) is 0.973. The van der Waals surface area contributed by atoms with Crippen molar-refractivity contribution in [2.75, 3.05) is 0 Å². The summed E-state index contributed by atoms with van der Waals surface area (Å²) in [5.41, 5.74) is 0.985. The fourth-order valence-electron chi connectivity index (χ4n) is 1.90. The molecule has 1 aliphatic carbocycles. The van der Waals surface area contributed by atoms with E-state index in [1.165, 1.54) is 25.0 Å². The highest BCUT2D eigenvalue weighted by molar-refractivity contribution is 6.30. The van der Waals surface area contributed by atoms with Gasteiger partial charge < -0.3 is 14.5 Å². The van der Waals surface area contributed by atoms with E-state index in [2.05, 4.69) is 5.32 Å². The number of benzene rings is 1. The summed E-state index contributed by atoms with van der Waals surface area (Å²) in [4.78, 5) is 0. The maximum Gasteiger partial charge on any atom is 0.142 e. The number of furan rings is 1. The van der Waals surface area contributed by atoms with Gasteiger partial charge in [0.25, 0.3) is 0 Å². The molecule has 0 amide bonds. The van der Waals surface area contributed by atoms with Gasteiger partial charge in [-0.1, -0.05) is 11.6 Å². The third-order valence-corrected chi connectivity index (χ3v) is 3.54. The second kappa shape index (κ2) is 5.85. The molecule has 106 valence electrons. The summed E-state index contributed by atoms with van der Waals surface area (Å²) in [7, 11) is 0. The smallest absolute Gasteiger partial charge is 0.142 e. The number of rotatable bonds is 6. The lowest BCUT2D eigenvalue weighted by molar-refractivity contribution is 0.301. The van der Waals surface area contributed by atoms with Gasteiger partial charge in [0, 0.05) is 17.7 Å². The van der Waals surface area contributed by atoms with Crippen molar-refractivity contribution in [2.45, 2.75) is 32.0 Å². The van der Waals surface area contributed by atoms with Gasteiger partial charge >= 0.3 is 0 Å². The fraction of sp³-hybridized carbons (Fsp3) is 0.333. The third-order valence-electron chi connectivity index (χ3n) is 3.25. The largest absolute Gasteiger partial charge is 0.489 e. The molecule has 20 heavy (non-hydrogen) atoms. The van der Waals surface area contributed by atoms with E-state index in [0.29, 0.717) is 24.9 Å². The third kappa shape index (κ3) is 3.32. The number of ether oxygens (including phenoxy) is 1. The molecule has 1 heterocycles. The van der Waals surface area contributed by atoms with E-state index >= 15 is 0 Å². The molecule has 1 aromatic heterocycles. The molecule has 0 spiro atoms. The highest BCUT2D eigenvalue weighted by atomic mass is 35.5. The van der Waals surface area contributed by atoms with Crippen LogP contribution in [0.1, 0.15) is 24.2 Å². The van der Waals surface area contributed by atoms with Crippen molar-refractivity contribution >= 4 is 11.6 Å². The first kappa shape index (κ1) is 13.5. The lowest BCUT2D eigenvalue weighted by Gasteiger charge is -2.07. The average Bonchev–Trinajstić information content (AvgIpc) is 3.16. The van der Waals surface area contributed by atoms with Crippen molar-refractivity contribution in [3.63, 3.8) is 0 Å². The first-order valence-corrected chi connectivity index (χ1v) is 6.96. The normalized spacial score (nSPS) is 14.5. The molecular formula is C15H15ClFNO2. The molecule has 1 aliphatic rings. The first-order chi connectivity index (χ1) is 9.72. The maximum absolute atomic E-state index is 13.0. The van der Waals surface area contributed by atoms with Crippen molar-refractivity contribution in [1.82, 2.24) is 5.32 Å². The van der Waals surface area contributed by atoms with Gasteiger partial charge in [-0.2, -0.15) is 0 Å². The van der Waals surface area contributed by atoms with Crippen molar-refractivity contribution in [3.8, 4) is 5.75 Å². The summed E-state index contributed by atoms with van der Waals surface area (Å²) >= 11 is 5.71. The van der Waals surface area contributed by atoms with Gasteiger partial charge in [-0.15, -0.1) is 0 Å². The molecule has 0 atom stereocenters. The van der Waals surface area contributed by atoms with Crippen LogP contribution in [0.4, 0.5) is 4.39 Å². The van der Waals surface area contributed by atoms with Gasteiger partial charge in [0.2, 0.25) is 0 Å². The number of halogens is 2. The lowest BCUT2D eigenvalue weighted by Crippen LogP contribution is -2.16. The van der Waals surface area contributed by atoms with Crippen LogP contribution >= 0.6 is 11.6 Å². The second-order valence-corrected chi connectivity index (χ2v) is 5.30. The maximum atomic E-state index is 13.0. The van der Waals surface area contributed by atoms with Gasteiger partial charge in [0.05, 0.1) is 17.8 Å². The molecule has 1 saturated carbocycles. The summed E-state index contributed by atoms with van der Waals surface area (Å²) < 4.78 is 24.1. The van der Waals surface area contributed by atoms with Gasteiger partial charge in [-0.3, -0.25) is 0 Å². The molecule has 0 saturated heterocycles. The predicted molar refractivity (Wildman–Crippen MR) is 74.3 cm³/mol. The van der Waals surface area contributed by atoms with Gasteiger partial charge in [0.1, 0.15) is 23.9 Å². The van der Waals surface area contributed by atoms with E-state index < -0.39 is 5.82 Å². The lowest BCUT2D eigenvalue weighted by atomic mass is 10.2. The van der Waals surface area contributed by atoms with Crippen LogP contribution in [0.15, 0.2) is 34.9 Å². The minimum Gasteiger partial charge on any atom is -0.489 e. The Morgan fingerprint density at radius 2 is 2.20 bits per heavy atom. The van der Waals surface area contributed by atoms with E-state index in [4.69, 9.17) is 20.8 Å². The Morgan fingerprint density at radius 1 is 1.35 bits per heavy atom. The summed E-state index contributed by atoms with van der Waals surface area (Å²) in [6.45, 7) is 1.08. The quantitative estimate of drug-likeness (QED) is 0.877. The van der Waals surface area contributed by atoms with E-state index in [1.54, 1.807) is 12.3 Å². The molecule has 5 heteroatoms. The zero-order valence-electron chi connectivity index (χ0n) is 10.9. The van der Waals surface area contributed by atoms with Crippen molar-refractivity contribution in [2.24, 2.45) is 0 Å². The Balaban J connectivity index is 1.59. The second-order valence-electron chi connectivity index (χ2n) is 4.89. The molecule has 0 bridgehead atoms. The molecule has 0 aliphatic heterocycles. The van der Waals surface area contributed by atoms with Crippen molar-refractivity contribution in [1.29, 1.82) is 0 Å². The molecular weight excluding hydrogens is 281 g/mol. The summed E-state index contributed by atoms with van der Waals surface area (Å²) in [6, 6.07) is 6.84. The first-order valence-electron chi connectivity index (χ1n) is 6.59. The minimum absolute atomic E-state index is 0.0605. The van der Waals surface area contributed by atoms with Crippen molar-refractivity contribution < 1.29 is 13.5 Å². The van der Waals surface area contributed by atoms with Crippen LogP contribution in [-0.2, 0) is 13.2 Å². The van der Waals surface area contributed by atoms with Crippen LogP contribution in [0.5, 0.6) is 5.75 Å². The van der Waals surface area contributed by atoms with E-state index in [-0.39, 0.29) is 5.02 Å². The molecule has 1 fully saturated rings. The number of hydrogen-bond acceptors (Lipinski definition) is 3. The van der Waals surface area contributed by atoms with Gasteiger partial charge in [-0.05, 0) is 31.0 Å². The fourth-order valence-corrected chi connectivity index (χ4v) is 2.07. The summed E-state index contributed by atoms with van der Waals surface area (Å²) in [6.07, 6.45) is 4.13. The molecule has 0 radical (unpaired) electrons. The standard InChI is InChI=1S/C15H15ClFNO2/c16-13-7-12(3-4-14(13)17)20-9-10-5-6-19-15(10)8-18-11-1-2-11/h3-7,11,18H,1-2,8-9H2. The van der Waals surface area contributed by atoms with Crippen LogP contribution in [0.2, 0.25) is 5.02 Å². The van der Waals surface area contributed by atoms with Gasteiger partial charge in [-0.25, -0.2) is 4.39 Å². The topological polar surface area (TPSA) is 34.4 Å². The van der Waals surface area contributed by atoms with E-state index in [9.17, 15) is 4.39 Å². The highest BCUT2D eigenvalue weighted by Crippen LogP contribution is 2.23. The number of hydrogen-bond donors (Lipinski definition) is 1. The predicted octanol–water partition coefficient (Wildman–Crippen LogP) is 3.90. The van der Waals surface area contributed by atoms with E-state index in [1.807, 2.05) is 6.07 Å². The zero-order valence-corrected chi connectivity index (χ0v) is 11.6. The summed E-state index contributed by atoms with van der Waals surface area (Å²) in [5, 5.41) is 3.45. The Kier molecular flexibility index (Phi) is 3.94. The molecule has 1 N–H and O–H groups in total. The Bertz CT molecular complexity index is 595. The van der Waals surface area contributed by atoms with Crippen LogP contribution in [0, 0.1) is 5.82 Å². The Labute approximate surface area is 121 Å². The SMILES string of the molecule is Fc1ccc(OCc2ccoc2CNC2CC2)cc1Cl. The van der Waals surface area contributed by atoms with E-state index in [0.717, 1.165) is 11.3 Å². The number of nitrogens with one attached hydrogen (secondary N) is 1. The molecule has 2 aromatic rings. The molecule has 1 aromatic carbocycles. The molecule has 0 unspecified atom stereocenters. The Morgan fingerprint density at radius 3 is 2.95 bits per heavy atom. The van der Waals surface area contributed by atoms with Crippen LogP contribution in [0.3, 0.4) is 0 Å². The van der Waals surface area contributed by atoms with Crippen molar-refractivity contribution in [3.05, 3.63) is 52.7 Å². The van der Waals surface area contributed by atoms with Crippen LogP contribution in [0.25, 0.3) is 0 Å². The monoisotopic (exact) mass is 295 g/mol. The average molecular weight is 296 g/mol. The minimum atomic E-state index is -0.448. The van der Waals surface area contributed by atoms with Crippen LogP contribution < -0.4 is 10.1 Å². The molecule has 3 nitrogen and oxygen atoms in total. The highest BCUT2D eigenvalue weighted by Gasteiger charge is 2.21. The van der Waals surface area contributed by atoms with Crippen LogP contribution in [-0.4, -0.2) is 6.04 Å². The Hall–Kier alpha value is -1.52. The molecule has 3 rings (SSSR count).